The number of hydrogen-bond donors (Lipinski definition) is 2. The second-order valence-electron chi connectivity index (χ2n) is 5.41. The average molecular weight is 303 g/mol. The Morgan fingerprint density at radius 1 is 1.23 bits per heavy atom. The zero-order valence-corrected chi connectivity index (χ0v) is 12.7. The minimum Gasteiger partial charge on any atom is -0.366 e. The SMILES string of the molecule is CCC(=O)N1CCC(C(=O)Nc2ccccc2C(N)=O)CC1. The van der Waals surface area contributed by atoms with Gasteiger partial charge >= 0.3 is 0 Å². The first-order valence-electron chi connectivity index (χ1n) is 7.50. The maximum atomic E-state index is 12.3. The predicted molar refractivity (Wildman–Crippen MR) is 83.2 cm³/mol. The van der Waals surface area contributed by atoms with Crippen LogP contribution in [-0.2, 0) is 9.59 Å². The van der Waals surface area contributed by atoms with Crippen molar-refractivity contribution in [3.63, 3.8) is 0 Å². The van der Waals surface area contributed by atoms with Crippen LogP contribution >= 0.6 is 0 Å². The number of anilines is 1. The quantitative estimate of drug-likeness (QED) is 0.880. The summed E-state index contributed by atoms with van der Waals surface area (Å²) in [6, 6.07) is 6.68. The van der Waals surface area contributed by atoms with E-state index in [1.54, 1.807) is 29.2 Å². The minimum absolute atomic E-state index is 0.123. The van der Waals surface area contributed by atoms with Gasteiger partial charge in [0.1, 0.15) is 0 Å². The van der Waals surface area contributed by atoms with Crippen LogP contribution in [0.25, 0.3) is 0 Å². The summed E-state index contributed by atoms with van der Waals surface area (Å²) < 4.78 is 0. The fourth-order valence-electron chi connectivity index (χ4n) is 2.66. The molecule has 3 N–H and O–H groups in total. The second-order valence-corrected chi connectivity index (χ2v) is 5.41. The number of rotatable bonds is 4. The molecule has 0 saturated carbocycles. The Kier molecular flexibility index (Phi) is 5.14. The number of benzene rings is 1. The van der Waals surface area contributed by atoms with Crippen molar-refractivity contribution < 1.29 is 14.4 Å². The Balaban J connectivity index is 1.97. The van der Waals surface area contributed by atoms with Gasteiger partial charge in [-0.2, -0.15) is 0 Å². The molecule has 0 atom stereocenters. The van der Waals surface area contributed by atoms with Crippen molar-refractivity contribution in [2.75, 3.05) is 18.4 Å². The van der Waals surface area contributed by atoms with Gasteiger partial charge in [0, 0.05) is 25.4 Å². The van der Waals surface area contributed by atoms with Gasteiger partial charge in [0.25, 0.3) is 5.91 Å². The van der Waals surface area contributed by atoms with Crippen LogP contribution in [0.4, 0.5) is 5.69 Å². The van der Waals surface area contributed by atoms with E-state index in [0.29, 0.717) is 43.6 Å². The average Bonchev–Trinajstić information content (AvgIpc) is 2.54. The van der Waals surface area contributed by atoms with Crippen molar-refractivity contribution in [2.45, 2.75) is 26.2 Å². The monoisotopic (exact) mass is 303 g/mol. The molecular formula is C16H21N3O3. The van der Waals surface area contributed by atoms with Gasteiger partial charge in [-0.25, -0.2) is 0 Å². The van der Waals surface area contributed by atoms with Crippen LogP contribution in [0.15, 0.2) is 24.3 Å². The number of likely N-dealkylation sites (tertiary alicyclic amines) is 1. The number of amides is 3. The number of hydrogen-bond acceptors (Lipinski definition) is 3. The number of carbonyl (C=O) groups is 3. The van der Waals surface area contributed by atoms with Gasteiger partial charge < -0.3 is 16.0 Å². The van der Waals surface area contributed by atoms with E-state index >= 15 is 0 Å². The lowest BCUT2D eigenvalue weighted by Gasteiger charge is -2.31. The maximum Gasteiger partial charge on any atom is 0.250 e. The van der Waals surface area contributed by atoms with Gasteiger partial charge in [0.05, 0.1) is 11.3 Å². The summed E-state index contributed by atoms with van der Waals surface area (Å²) in [5.41, 5.74) is 6.04. The van der Waals surface area contributed by atoms with E-state index in [4.69, 9.17) is 5.73 Å². The molecule has 1 aliphatic rings. The number of piperidine rings is 1. The molecular weight excluding hydrogens is 282 g/mol. The molecule has 3 amide bonds. The fourth-order valence-corrected chi connectivity index (χ4v) is 2.66. The van der Waals surface area contributed by atoms with Crippen LogP contribution in [0.1, 0.15) is 36.5 Å². The number of primary amides is 1. The third-order valence-corrected chi connectivity index (χ3v) is 3.97. The van der Waals surface area contributed by atoms with Crippen LogP contribution in [-0.4, -0.2) is 35.7 Å². The van der Waals surface area contributed by atoms with E-state index in [1.165, 1.54) is 0 Å². The van der Waals surface area contributed by atoms with Gasteiger partial charge in [-0.1, -0.05) is 19.1 Å². The Morgan fingerprint density at radius 3 is 2.45 bits per heavy atom. The molecule has 0 aliphatic carbocycles. The van der Waals surface area contributed by atoms with Crippen LogP contribution in [0.5, 0.6) is 0 Å². The van der Waals surface area contributed by atoms with Crippen LogP contribution in [0, 0.1) is 5.92 Å². The van der Waals surface area contributed by atoms with Crippen molar-refractivity contribution >= 4 is 23.4 Å². The molecule has 1 fully saturated rings. The first-order chi connectivity index (χ1) is 10.5. The zero-order valence-electron chi connectivity index (χ0n) is 12.7. The summed E-state index contributed by atoms with van der Waals surface area (Å²) in [6.07, 6.45) is 1.76. The van der Waals surface area contributed by atoms with Crippen molar-refractivity contribution in [2.24, 2.45) is 11.7 Å². The van der Waals surface area contributed by atoms with E-state index in [0.717, 1.165) is 0 Å². The third kappa shape index (κ3) is 3.63. The number of para-hydroxylation sites is 1. The number of nitrogens with two attached hydrogens (primary N) is 1. The maximum absolute atomic E-state index is 12.3. The first-order valence-corrected chi connectivity index (χ1v) is 7.50. The standard InChI is InChI=1S/C16H21N3O3/c1-2-14(20)19-9-7-11(8-10-19)16(22)18-13-6-4-3-5-12(13)15(17)21/h3-6,11H,2,7-10H2,1H3,(H2,17,21)(H,18,22). The predicted octanol–water partition coefficient (Wildman–Crippen LogP) is 1.37. The summed E-state index contributed by atoms with van der Waals surface area (Å²) >= 11 is 0. The molecule has 1 aliphatic heterocycles. The Hall–Kier alpha value is -2.37. The molecule has 1 aromatic rings. The normalized spacial score (nSPS) is 15.4. The van der Waals surface area contributed by atoms with E-state index < -0.39 is 5.91 Å². The second kappa shape index (κ2) is 7.06. The zero-order chi connectivity index (χ0) is 16.1. The molecule has 2 rings (SSSR count). The highest BCUT2D eigenvalue weighted by atomic mass is 16.2. The van der Waals surface area contributed by atoms with Crippen LogP contribution < -0.4 is 11.1 Å². The van der Waals surface area contributed by atoms with Gasteiger partial charge in [-0.3, -0.25) is 14.4 Å². The van der Waals surface area contributed by atoms with Crippen molar-refractivity contribution in [3.8, 4) is 0 Å². The van der Waals surface area contributed by atoms with Crippen LogP contribution in [0.3, 0.4) is 0 Å². The number of nitrogens with zero attached hydrogens (tertiary/aromatic N) is 1. The molecule has 0 aromatic heterocycles. The summed E-state index contributed by atoms with van der Waals surface area (Å²) in [4.78, 5) is 37.1. The molecule has 1 saturated heterocycles. The van der Waals surface area contributed by atoms with Gasteiger partial charge in [0.15, 0.2) is 0 Å². The van der Waals surface area contributed by atoms with E-state index in [-0.39, 0.29) is 17.7 Å². The number of nitrogens with one attached hydrogen (secondary N) is 1. The summed E-state index contributed by atoms with van der Waals surface area (Å²) in [6.45, 7) is 3.03. The van der Waals surface area contributed by atoms with E-state index in [2.05, 4.69) is 5.32 Å². The lowest BCUT2D eigenvalue weighted by atomic mass is 9.95. The highest BCUT2D eigenvalue weighted by Gasteiger charge is 2.27. The summed E-state index contributed by atoms with van der Waals surface area (Å²) in [5.74, 6) is -0.726. The van der Waals surface area contributed by atoms with E-state index in [9.17, 15) is 14.4 Å². The molecule has 0 bridgehead atoms. The van der Waals surface area contributed by atoms with Gasteiger partial charge in [-0.15, -0.1) is 0 Å². The lowest BCUT2D eigenvalue weighted by molar-refractivity contribution is -0.134. The first kappa shape index (κ1) is 16.0. The molecule has 1 aromatic carbocycles. The van der Waals surface area contributed by atoms with Gasteiger partial charge in [0.2, 0.25) is 11.8 Å². The van der Waals surface area contributed by atoms with Crippen LogP contribution in [0.2, 0.25) is 0 Å². The highest BCUT2D eigenvalue weighted by Crippen LogP contribution is 2.21. The van der Waals surface area contributed by atoms with E-state index in [1.807, 2.05) is 6.92 Å². The molecule has 0 unspecified atom stereocenters. The smallest absolute Gasteiger partial charge is 0.250 e. The Labute approximate surface area is 129 Å². The topological polar surface area (TPSA) is 92.5 Å². The lowest BCUT2D eigenvalue weighted by Crippen LogP contribution is -2.41. The largest absolute Gasteiger partial charge is 0.366 e. The molecule has 0 spiro atoms. The molecule has 6 nitrogen and oxygen atoms in total. The summed E-state index contributed by atoms with van der Waals surface area (Å²) in [7, 11) is 0. The fraction of sp³-hybridized carbons (Fsp3) is 0.438. The molecule has 6 heteroatoms. The molecule has 0 radical (unpaired) electrons. The van der Waals surface area contributed by atoms with Crippen molar-refractivity contribution in [1.29, 1.82) is 0 Å². The molecule has 118 valence electrons. The Morgan fingerprint density at radius 2 is 1.86 bits per heavy atom. The van der Waals surface area contributed by atoms with Gasteiger partial charge in [-0.05, 0) is 25.0 Å². The highest BCUT2D eigenvalue weighted by molar-refractivity contribution is 6.03. The van der Waals surface area contributed by atoms with Crippen molar-refractivity contribution in [1.82, 2.24) is 4.90 Å². The Bertz CT molecular complexity index is 578. The molecule has 1 heterocycles. The summed E-state index contributed by atoms with van der Waals surface area (Å²) in [5, 5.41) is 2.78. The number of carbonyl (C=O) groups excluding carboxylic acids is 3. The molecule has 22 heavy (non-hydrogen) atoms. The minimum atomic E-state index is -0.570. The van der Waals surface area contributed by atoms with Crippen molar-refractivity contribution in [3.05, 3.63) is 29.8 Å². The third-order valence-electron chi connectivity index (χ3n) is 3.97.